The Labute approximate surface area is 201 Å². The van der Waals surface area contributed by atoms with Crippen LogP contribution in [-0.2, 0) is 4.79 Å². The summed E-state index contributed by atoms with van der Waals surface area (Å²) >= 11 is 6.00. The Balaban J connectivity index is 1.80. The van der Waals surface area contributed by atoms with Crippen LogP contribution in [-0.4, -0.2) is 39.9 Å². The van der Waals surface area contributed by atoms with Crippen molar-refractivity contribution >= 4 is 46.0 Å². The summed E-state index contributed by atoms with van der Waals surface area (Å²) in [6, 6.07) is 14.0. The molecule has 0 saturated heterocycles. The van der Waals surface area contributed by atoms with Crippen molar-refractivity contribution in [3.63, 3.8) is 0 Å². The van der Waals surface area contributed by atoms with Gasteiger partial charge in [-0.3, -0.25) is 19.6 Å². The number of hydrogen-bond donors (Lipinski definition) is 3. The highest BCUT2D eigenvalue weighted by molar-refractivity contribution is 6.31. The Morgan fingerprint density at radius 1 is 0.971 bits per heavy atom. The second kappa shape index (κ2) is 9.94. The van der Waals surface area contributed by atoms with Gasteiger partial charge in [0.2, 0.25) is 5.91 Å². The average molecular weight is 475 g/mol. The largest absolute Gasteiger partial charge is 0.309 e. The number of carbonyl (C=O) groups is 2. The molecule has 0 spiro atoms. The molecule has 3 aromatic heterocycles. The number of hydrogen-bond acceptors (Lipinski definition) is 6. The summed E-state index contributed by atoms with van der Waals surface area (Å²) in [4.78, 5) is 38.3. The Hall–Kier alpha value is -3.88. The standard InChI is InChI=1S/C25H23ClN6O2/c1-14-6-7-19-18(5-4-9-28-19)23(14)16-11-21(31-24(33)15(2)27-3)30-22(12-16)32-25(34)20-13-17(26)8-10-29-20/h4-13,15,27H,1-3H3,(H2,30,31,32,33,34). The summed E-state index contributed by atoms with van der Waals surface area (Å²) in [5.74, 6) is -0.155. The fourth-order valence-corrected chi connectivity index (χ4v) is 3.68. The number of aromatic nitrogens is 3. The van der Waals surface area contributed by atoms with Crippen LogP contribution < -0.4 is 16.0 Å². The molecule has 9 heteroatoms. The van der Waals surface area contributed by atoms with Crippen molar-refractivity contribution in [1.29, 1.82) is 0 Å². The molecule has 4 aromatic rings. The van der Waals surface area contributed by atoms with Gasteiger partial charge in [-0.05, 0) is 74.0 Å². The maximum absolute atomic E-state index is 12.8. The van der Waals surface area contributed by atoms with E-state index in [1.165, 1.54) is 12.3 Å². The molecule has 8 nitrogen and oxygen atoms in total. The molecule has 2 amide bonds. The van der Waals surface area contributed by atoms with E-state index in [9.17, 15) is 9.59 Å². The van der Waals surface area contributed by atoms with Crippen molar-refractivity contribution < 1.29 is 9.59 Å². The van der Waals surface area contributed by atoms with Crippen molar-refractivity contribution in [2.24, 2.45) is 0 Å². The molecule has 34 heavy (non-hydrogen) atoms. The van der Waals surface area contributed by atoms with E-state index in [2.05, 4.69) is 30.9 Å². The molecule has 3 N–H and O–H groups in total. The SMILES string of the molecule is CNC(C)C(=O)Nc1cc(-c2c(C)ccc3ncccc23)cc(NC(=O)c2cc(Cl)ccn2)n1. The van der Waals surface area contributed by atoms with E-state index in [1.807, 2.05) is 31.2 Å². The van der Waals surface area contributed by atoms with E-state index in [1.54, 1.807) is 38.4 Å². The molecule has 0 saturated carbocycles. The molecule has 1 unspecified atom stereocenters. The van der Waals surface area contributed by atoms with E-state index < -0.39 is 11.9 Å². The fraction of sp³-hybridized carbons (Fsp3) is 0.160. The first-order chi connectivity index (χ1) is 16.4. The van der Waals surface area contributed by atoms with Crippen LogP contribution in [0.15, 0.2) is 60.9 Å². The summed E-state index contributed by atoms with van der Waals surface area (Å²) < 4.78 is 0. The molecule has 0 radical (unpaired) electrons. The third kappa shape index (κ3) is 5.03. The average Bonchev–Trinajstić information content (AvgIpc) is 2.83. The van der Waals surface area contributed by atoms with Gasteiger partial charge in [-0.15, -0.1) is 0 Å². The number of amides is 2. The van der Waals surface area contributed by atoms with E-state index in [-0.39, 0.29) is 17.4 Å². The van der Waals surface area contributed by atoms with Gasteiger partial charge in [0, 0.05) is 22.8 Å². The fourth-order valence-electron chi connectivity index (χ4n) is 3.52. The zero-order valence-corrected chi connectivity index (χ0v) is 19.6. The second-order valence-electron chi connectivity index (χ2n) is 7.77. The minimum Gasteiger partial charge on any atom is -0.309 e. The molecule has 0 aliphatic rings. The van der Waals surface area contributed by atoms with E-state index in [0.29, 0.717) is 10.8 Å². The van der Waals surface area contributed by atoms with Crippen molar-refractivity contribution in [3.8, 4) is 11.1 Å². The molecule has 1 aromatic carbocycles. The first-order valence-corrected chi connectivity index (χ1v) is 11.0. The van der Waals surface area contributed by atoms with Crippen molar-refractivity contribution in [1.82, 2.24) is 20.3 Å². The summed E-state index contributed by atoms with van der Waals surface area (Å²) in [5, 5.41) is 9.83. The maximum atomic E-state index is 12.8. The second-order valence-corrected chi connectivity index (χ2v) is 8.20. The molecule has 0 bridgehead atoms. The number of pyridine rings is 3. The Morgan fingerprint density at radius 2 is 1.74 bits per heavy atom. The third-order valence-corrected chi connectivity index (χ3v) is 5.62. The molecule has 1 atom stereocenters. The van der Waals surface area contributed by atoms with Gasteiger partial charge in [0.25, 0.3) is 5.91 Å². The van der Waals surface area contributed by atoms with Crippen molar-refractivity contribution in [3.05, 3.63) is 77.2 Å². The van der Waals surface area contributed by atoms with Crippen LogP contribution in [0.1, 0.15) is 23.0 Å². The van der Waals surface area contributed by atoms with Gasteiger partial charge in [-0.25, -0.2) is 4.98 Å². The number of carbonyl (C=O) groups excluding carboxylic acids is 2. The summed E-state index contributed by atoms with van der Waals surface area (Å²) in [5.41, 5.74) is 3.71. The van der Waals surface area contributed by atoms with Gasteiger partial charge in [-0.2, -0.15) is 0 Å². The summed E-state index contributed by atoms with van der Waals surface area (Å²) in [6.45, 7) is 3.74. The van der Waals surface area contributed by atoms with Crippen molar-refractivity contribution in [2.45, 2.75) is 19.9 Å². The van der Waals surface area contributed by atoms with Crippen LogP contribution in [0.2, 0.25) is 5.02 Å². The topological polar surface area (TPSA) is 109 Å². The number of nitrogens with one attached hydrogen (secondary N) is 3. The van der Waals surface area contributed by atoms with E-state index in [4.69, 9.17) is 11.6 Å². The van der Waals surface area contributed by atoms with Crippen molar-refractivity contribution in [2.75, 3.05) is 17.7 Å². The smallest absolute Gasteiger partial charge is 0.275 e. The quantitative estimate of drug-likeness (QED) is 0.381. The van der Waals surface area contributed by atoms with Gasteiger partial charge in [0.15, 0.2) is 0 Å². The number of likely N-dealkylation sites (N-methyl/N-ethyl adjacent to an activating group) is 1. The van der Waals surface area contributed by atoms with Crippen LogP contribution in [0.5, 0.6) is 0 Å². The van der Waals surface area contributed by atoms with E-state index in [0.717, 1.165) is 27.6 Å². The zero-order chi connectivity index (χ0) is 24.2. The molecular formula is C25H23ClN6O2. The summed E-state index contributed by atoms with van der Waals surface area (Å²) in [7, 11) is 1.70. The number of rotatable bonds is 6. The van der Waals surface area contributed by atoms with Gasteiger partial charge >= 0.3 is 0 Å². The lowest BCUT2D eigenvalue weighted by Crippen LogP contribution is -2.35. The lowest BCUT2D eigenvalue weighted by Gasteiger charge is -2.15. The third-order valence-electron chi connectivity index (χ3n) is 5.38. The zero-order valence-electron chi connectivity index (χ0n) is 18.9. The van der Waals surface area contributed by atoms with Crippen LogP contribution in [0.25, 0.3) is 22.0 Å². The minimum absolute atomic E-state index is 0.152. The van der Waals surface area contributed by atoms with Gasteiger partial charge in [-0.1, -0.05) is 23.7 Å². The highest BCUT2D eigenvalue weighted by Crippen LogP contribution is 2.33. The molecule has 3 heterocycles. The van der Waals surface area contributed by atoms with Gasteiger partial charge < -0.3 is 16.0 Å². The Bertz CT molecular complexity index is 1390. The highest BCUT2D eigenvalue weighted by atomic mass is 35.5. The molecular weight excluding hydrogens is 452 g/mol. The molecule has 0 aliphatic heterocycles. The lowest BCUT2D eigenvalue weighted by molar-refractivity contribution is -0.117. The number of nitrogens with zero attached hydrogens (tertiary/aromatic N) is 3. The Morgan fingerprint density at radius 3 is 2.47 bits per heavy atom. The number of halogens is 1. The summed E-state index contributed by atoms with van der Waals surface area (Å²) in [6.07, 6.45) is 3.20. The molecule has 4 rings (SSSR count). The predicted molar refractivity (Wildman–Crippen MR) is 134 cm³/mol. The van der Waals surface area contributed by atoms with Crippen LogP contribution in [0.3, 0.4) is 0 Å². The first kappa shape index (κ1) is 23.3. The van der Waals surface area contributed by atoms with Gasteiger partial charge in [0.1, 0.15) is 17.3 Å². The van der Waals surface area contributed by atoms with Crippen LogP contribution >= 0.6 is 11.6 Å². The molecule has 0 aliphatic carbocycles. The lowest BCUT2D eigenvalue weighted by atomic mass is 9.96. The van der Waals surface area contributed by atoms with Crippen LogP contribution in [0.4, 0.5) is 11.6 Å². The van der Waals surface area contributed by atoms with E-state index >= 15 is 0 Å². The molecule has 0 fully saturated rings. The Kier molecular flexibility index (Phi) is 6.81. The predicted octanol–water partition coefficient (Wildman–Crippen LogP) is 4.45. The highest BCUT2D eigenvalue weighted by Gasteiger charge is 2.17. The number of benzene rings is 1. The molecule has 172 valence electrons. The van der Waals surface area contributed by atoms with Crippen LogP contribution in [0, 0.1) is 6.92 Å². The number of aryl methyl sites for hydroxylation is 1. The first-order valence-electron chi connectivity index (χ1n) is 10.6. The monoisotopic (exact) mass is 474 g/mol. The minimum atomic E-state index is -0.468. The maximum Gasteiger partial charge on any atom is 0.275 e. The number of anilines is 2. The number of fused-ring (bicyclic) bond motifs is 1. The van der Waals surface area contributed by atoms with Gasteiger partial charge in [0.05, 0.1) is 11.6 Å². The normalized spacial score (nSPS) is 11.8.